The zero-order chi connectivity index (χ0) is 10.8. The molecule has 78 valence electrons. The van der Waals surface area contributed by atoms with E-state index in [1.165, 1.54) is 16.3 Å². The third-order valence-corrected chi connectivity index (χ3v) is 2.41. The van der Waals surface area contributed by atoms with E-state index in [1.54, 1.807) is 0 Å². The van der Waals surface area contributed by atoms with Crippen LogP contribution >= 0.6 is 0 Å². The lowest BCUT2D eigenvalue weighted by Crippen LogP contribution is -2.06. The van der Waals surface area contributed by atoms with E-state index in [1.807, 2.05) is 0 Å². The second kappa shape index (κ2) is 3.93. The maximum absolute atomic E-state index is 5.75. The maximum atomic E-state index is 5.75. The largest absolute Gasteiger partial charge is 0.491 e. The second-order valence-corrected chi connectivity index (χ2v) is 4.13. The summed E-state index contributed by atoms with van der Waals surface area (Å²) in [6.07, 6.45) is 0.227. The maximum Gasteiger partial charge on any atom is 0.123 e. The van der Waals surface area contributed by atoms with E-state index in [0.29, 0.717) is 0 Å². The van der Waals surface area contributed by atoms with Crippen molar-refractivity contribution in [1.29, 1.82) is 0 Å². The predicted molar refractivity (Wildman–Crippen MR) is 64.4 cm³/mol. The topological polar surface area (TPSA) is 9.23 Å². The fraction of sp³-hybridized carbons (Fsp3) is 0.286. The van der Waals surface area contributed by atoms with Crippen LogP contribution in [0.25, 0.3) is 10.8 Å². The van der Waals surface area contributed by atoms with Gasteiger partial charge in [-0.1, -0.05) is 24.3 Å². The highest BCUT2D eigenvalue weighted by Gasteiger charge is 2.03. The lowest BCUT2D eigenvalue weighted by Gasteiger charge is -2.13. The standard InChI is InChI=1S/C14H16O/c1-10(2)15-14-9-13-7-5-4-6-12(13)8-11(14)3/h4-10H,1-3H3. The van der Waals surface area contributed by atoms with Gasteiger partial charge in [0.2, 0.25) is 0 Å². The Morgan fingerprint density at radius 1 is 1.00 bits per heavy atom. The molecule has 0 aromatic heterocycles. The highest BCUT2D eigenvalue weighted by molar-refractivity contribution is 5.84. The van der Waals surface area contributed by atoms with E-state index < -0.39 is 0 Å². The van der Waals surface area contributed by atoms with Gasteiger partial charge in [-0.25, -0.2) is 0 Å². The molecular weight excluding hydrogens is 184 g/mol. The van der Waals surface area contributed by atoms with Crippen molar-refractivity contribution in [2.75, 3.05) is 0 Å². The van der Waals surface area contributed by atoms with Crippen molar-refractivity contribution in [3.8, 4) is 5.75 Å². The van der Waals surface area contributed by atoms with E-state index in [2.05, 4.69) is 57.2 Å². The molecule has 0 saturated heterocycles. The number of hydrogen-bond acceptors (Lipinski definition) is 1. The Bertz CT molecular complexity index is 472. The predicted octanol–water partition coefficient (Wildman–Crippen LogP) is 3.94. The number of aryl methyl sites for hydroxylation is 1. The van der Waals surface area contributed by atoms with Crippen LogP contribution < -0.4 is 4.74 Å². The minimum Gasteiger partial charge on any atom is -0.491 e. The first-order chi connectivity index (χ1) is 7.16. The Hall–Kier alpha value is -1.50. The average molecular weight is 200 g/mol. The van der Waals surface area contributed by atoms with E-state index in [4.69, 9.17) is 4.74 Å². The molecule has 0 aliphatic rings. The van der Waals surface area contributed by atoms with Crippen LogP contribution in [-0.2, 0) is 0 Å². The number of hydrogen-bond donors (Lipinski definition) is 0. The molecule has 0 saturated carbocycles. The molecule has 0 unspecified atom stereocenters. The molecule has 15 heavy (non-hydrogen) atoms. The summed E-state index contributed by atoms with van der Waals surface area (Å²) in [5, 5.41) is 2.50. The van der Waals surface area contributed by atoms with Crippen molar-refractivity contribution in [2.45, 2.75) is 26.9 Å². The van der Waals surface area contributed by atoms with Crippen LogP contribution in [0, 0.1) is 6.92 Å². The molecule has 0 radical (unpaired) electrons. The van der Waals surface area contributed by atoms with Crippen molar-refractivity contribution in [3.05, 3.63) is 42.0 Å². The normalized spacial score (nSPS) is 10.9. The summed E-state index contributed by atoms with van der Waals surface area (Å²) in [4.78, 5) is 0. The van der Waals surface area contributed by atoms with Gasteiger partial charge >= 0.3 is 0 Å². The highest BCUT2D eigenvalue weighted by Crippen LogP contribution is 2.25. The Morgan fingerprint density at radius 3 is 2.20 bits per heavy atom. The lowest BCUT2D eigenvalue weighted by molar-refractivity contribution is 0.241. The van der Waals surface area contributed by atoms with E-state index >= 15 is 0 Å². The first kappa shape index (κ1) is 10.0. The van der Waals surface area contributed by atoms with Crippen LogP contribution in [0.5, 0.6) is 5.75 Å². The van der Waals surface area contributed by atoms with Crippen molar-refractivity contribution < 1.29 is 4.74 Å². The molecule has 1 nitrogen and oxygen atoms in total. The van der Waals surface area contributed by atoms with Crippen LogP contribution in [0.3, 0.4) is 0 Å². The van der Waals surface area contributed by atoms with Crippen LogP contribution in [0.1, 0.15) is 19.4 Å². The molecule has 0 aliphatic heterocycles. The third-order valence-electron chi connectivity index (χ3n) is 2.41. The van der Waals surface area contributed by atoms with E-state index in [0.717, 1.165) is 5.75 Å². The quantitative estimate of drug-likeness (QED) is 0.713. The molecule has 0 amide bonds. The molecule has 0 bridgehead atoms. The van der Waals surface area contributed by atoms with Gasteiger partial charge in [-0.3, -0.25) is 0 Å². The fourth-order valence-electron chi connectivity index (χ4n) is 1.71. The minimum atomic E-state index is 0.227. The van der Waals surface area contributed by atoms with Crippen molar-refractivity contribution in [1.82, 2.24) is 0 Å². The summed E-state index contributed by atoms with van der Waals surface area (Å²) >= 11 is 0. The molecule has 0 aliphatic carbocycles. The Kier molecular flexibility index (Phi) is 2.63. The van der Waals surface area contributed by atoms with Gasteiger partial charge in [0.15, 0.2) is 0 Å². The number of fused-ring (bicyclic) bond motifs is 1. The molecule has 0 N–H and O–H groups in total. The number of benzene rings is 2. The van der Waals surface area contributed by atoms with E-state index in [9.17, 15) is 0 Å². The number of ether oxygens (including phenoxy) is 1. The number of rotatable bonds is 2. The van der Waals surface area contributed by atoms with Gasteiger partial charge < -0.3 is 4.74 Å². The Balaban J connectivity index is 2.52. The summed E-state index contributed by atoms with van der Waals surface area (Å²) in [7, 11) is 0. The van der Waals surface area contributed by atoms with E-state index in [-0.39, 0.29) is 6.10 Å². The van der Waals surface area contributed by atoms with Gasteiger partial charge in [-0.15, -0.1) is 0 Å². The smallest absolute Gasteiger partial charge is 0.123 e. The molecular formula is C14H16O. The zero-order valence-electron chi connectivity index (χ0n) is 9.45. The van der Waals surface area contributed by atoms with Gasteiger partial charge in [-0.2, -0.15) is 0 Å². The highest BCUT2D eigenvalue weighted by atomic mass is 16.5. The summed E-state index contributed by atoms with van der Waals surface area (Å²) in [5.74, 6) is 0.990. The first-order valence-electron chi connectivity index (χ1n) is 5.33. The minimum absolute atomic E-state index is 0.227. The van der Waals surface area contributed by atoms with Gasteiger partial charge in [-0.05, 0) is 49.2 Å². The van der Waals surface area contributed by atoms with Gasteiger partial charge in [0.05, 0.1) is 6.10 Å². The first-order valence-corrected chi connectivity index (χ1v) is 5.33. The fourth-order valence-corrected chi connectivity index (χ4v) is 1.71. The molecule has 1 heteroatoms. The molecule has 0 fully saturated rings. The zero-order valence-corrected chi connectivity index (χ0v) is 9.45. The van der Waals surface area contributed by atoms with Crippen molar-refractivity contribution in [2.24, 2.45) is 0 Å². The van der Waals surface area contributed by atoms with Crippen molar-refractivity contribution >= 4 is 10.8 Å². The summed E-state index contributed by atoms with van der Waals surface area (Å²) in [5.41, 5.74) is 1.20. The summed E-state index contributed by atoms with van der Waals surface area (Å²) in [6, 6.07) is 12.6. The van der Waals surface area contributed by atoms with Crippen LogP contribution in [-0.4, -0.2) is 6.10 Å². The van der Waals surface area contributed by atoms with Crippen LogP contribution in [0.2, 0.25) is 0 Å². The van der Waals surface area contributed by atoms with Gasteiger partial charge in [0, 0.05) is 0 Å². The van der Waals surface area contributed by atoms with Crippen molar-refractivity contribution in [3.63, 3.8) is 0 Å². The Morgan fingerprint density at radius 2 is 1.60 bits per heavy atom. The van der Waals surface area contributed by atoms with Crippen LogP contribution in [0.15, 0.2) is 36.4 Å². The molecule has 2 aromatic carbocycles. The van der Waals surface area contributed by atoms with Crippen LogP contribution in [0.4, 0.5) is 0 Å². The van der Waals surface area contributed by atoms with Gasteiger partial charge in [0.25, 0.3) is 0 Å². The molecule has 0 spiro atoms. The third kappa shape index (κ3) is 2.12. The SMILES string of the molecule is Cc1cc2ccccc2cc1OC(C)C. The molecule has 2 rings (SSSR count). The average Bonchev–Trinajstić information content (AvgIpc) is 2.18. The molecule has 0 heterocycles. The lowest BCUT2D eigenvalue weighted by atomic mass is 10.1. The summed E-state index contributed by atoms with van der Waals surface area (Å²) < 4.78 is 5.75. The van der Waals surface area contributed by atoms with Gasteiger partial charge in [0.1, 0.15) is 5.75 Å². The Labute approximate surface area is 90.7 Å². The monoisotopic (exact) mass is 200 g/mol. The molecule has 2 aromatic rings. The molecule has 0 atom stereocenters. The second-order valence-electron chi connectivity index (χ2n) is 4.13. The summed E-state index contributed by atoms with van der Waals surface area (Å²) in [6.45, 7) is 6.19.